The van der Waals surface area contributed by atoms with Crippen LogP contribution in [0.5, 0.6) is 5.75 Å². The zero-order chi connectivity index (χ0) is 17.8. The summed E-state index contributed by atoms with van der Waals surface area (Å²) < 4.78 is 41.7. The molecule has 8 heteroatoms. The third-order valence-electron chi connectivity index (χ3n) is 4.39. The molecule has 1 atom stereocenters. The molecule has 1 aliphatic rings. The molecule has 1 aromatic carbocycles. The molecule has 1 heterocycles. The molecule has 25 heavy (non-hydrogen) atoms. The molecule has 0 N–H and O–H groups in total. The van der Waals surface area contributed by atoms with E-state index in [0.717, 1.165) is 31.6 Å². The number of quaternary nitrogens is 1. The summed E-state index contributed by atoms with van der Waals surface area (Å²) in [6, 6.07) is 6.14. The van der Waals surface area contributed by atoms with E-state index in [2.05, 4.69) is 11.8 Å². The van der Waals surface area contributed by atoms with Gasteiger partial charge in [0.15, 0.2) is 0 Å². The van der Waals surface area contributed by atoms with Gasteiger partial charge in [-0.2, -0.15) is 0 Å². The summed E-state index contributed by atoms with van der Waals surface area (Å²) in [6.07, 6.45) is -3.29. The van der Waals surface area contributed by atoms with Gasteiger partial charge in [0.2, 0.25) is 5.91 Å². The first-order valence-electron chi connectivity index (χ1n) is 8.17. The Bertz CT molecular complexity index is 583. The van der Waals surface area contributed by atoms with Crippen LogP contribution in [0.2, 0.25) is 0 Å². The Morgan fingerprint density at radius 3 is 2.64 bits per heavy atom. The Labute approximate surface area is 156 Å². The molecule has 0 spiro atoms. The Balaban J connectivity index is 0.00000312. The minimum absolute atomic E-state index is 0. The molecule has 142 valence electrons. The Hall–Kier alpha value is -1.28. The van der Waals surface area contributed by atoms with Crippen LogP contribution in [0.15, 0.2) is 24.3 Å². The maximum absolute atomic E-state index is 12.3. The van der Waals surface area contributed by atoms with Gasteiger partial charge in [0.25, 0.3) is 0 Å². The number of carbonyl (C=O) groups excluding carboxylic acids is 1. The first-order valence-corrected chi connectivity index (χ1v) is 8.17. The van der Waals surface area contributed by atoms with Crippen LogP contribution in [0.1, 0.15) is 25.3 Å². The normalized spacial score (nSPS) is 21.2. The number of rotatable bonds is 4. The summed E-state index contributed by atoms with van der Waals surface area (Å²) in [4.78, 5) is 13.7. The van der Waals surface area contributed by atoms with Crippen molar-refractivity contribution >= 4 is 22.9 Å². The number of hydrogen-bond donors (Lipinski definition) is 0. The number of carbonyl (C=O) groups is 1. The van der Waals surface area contributed by atoms with Gasteiger partial charge in [-0.25, -0.2) is 0 Å². The van der Waals surface area contributed by atoms with E-state index in [1.807, 2.05) is 17.9 Å². The molecule has 1 aliphatic heterocycles. The molecule has 0 aliphatic carbocycles. The fourth-order valence-electron chi connectivity index (χ4n) is 3.14. The molecule has 1 saturated heterocycles. The molecule has 0 bridgehead atoms. The van der Waals surface area contributed by atoms with Gasteiger partial charge in [0, 0.05) is 24.9 Å². The number of nitrogens with zero attached hydrogens (tertiary/aromatic N) is 2. The van der Waals surface area contributed by atoms with Crippen molar-refractivity contribution < 1.29 is 27.2 Å². The second-order valence-corrected chi connectivity index (χ2v) is 6.51. The molecule has 1 aromatic rings. The first-order chi connectivity index (χ1) is 11.2. The monoisotopic (exact) mass is 425 g/mol. The van der Waals surface area contributed by atoms with E-state index in [0.29, 0.717) is 24.0 Å². The summed E-state index contributed by atoms with van der Waals surface area (Å²) in [6.45, 7) is 5.57. The lowest BCUT2D eigenvalue weighted by atomic mass is 10.1. The second-order valence-electron chi connectivity index (χ2n) is 6.51. The summed E-state index contributed by atoms with van der Waals surface area (Å²) in [5, 5.41) is 0. The summed E-state index contributed by atoms with van der Waals surface area (Å²) >= 11 is 0. The van der Waals surface area contributed by atoms with Crippen LogP contribution in [-0.2, 0) is 11.3 Å². The first kappa shape index (κ1) is 21.8. The number of hydrogen-bond acceptors (Lipinski definition) is 2. The average Bonchev–Trinajstić information content (AvgIpc) is 2.67. The maximum Gasteiger partial charge on any atom is 0.573 e. The van der Waals surface area contributed by atoms with Crippen LogP contribution in [0.3, 0.4) is 0 Å². The van der Waals surface area contributed by atoms with Gasteiger partial charge in [0.1, 0.15) is 12.3 Å². The van der Waals surface area contributed by atoms with Crippen molar-refractivity contribution in [1.82, 2.24) is 4.90 Å². The minimum Gasteiger partial charge on any atom is -0.406 e. The summed E-state index contributed by atoms with van der Waals surface area (Å²) in [7, 11) is 2.08. The van der Waals surface area contributed by atoms with Crippen LogP contribution >= 0.6 is 17.0 Å². The Kier molecular flexibility index (Phi) is 7.74. The molecular weight excluding hydrogens is 401 g/mol. The van der Waals surface area contributed by atoms with Crippen molar-refractivity contribution in [1.29, 1.82) is 0 Å². The molecule has 0 radical (unpaired) electrons. The van der Waals surface area contributed by atoms with E-state index in [-0.39, 0.29) is 28.6 Å². The minimum atomic E-state index is -4.68. The van der Waals surface area contributed by atoms with E-state index in [4.69, 9.17) is 0 Å². The van der Waals surface area contributed by atoms with Gasteiger partial charge >= 0.3 is 6.36 Å². The van der Waals surface area contributed by atoms with Gasteiger partial charge in [-0.3, -0.25) is 4.79 Å². The van der Waals surface area contributed by atoms with E-state index < -0.39 is 6.36 Å². The fraction of sp³-hybridized carbons (Fsp3) is 0.588. The average molecular weight is 426 g/mol. The molecule has 1 amide bonds. The zero-order valence-electron chi connectivity index (χ0n) is 14.5. The molecule has 0 saturated carbocycles. The van der Waals surface area contributed by atoms with Crippen molar-refractivity contribution in [2.24, 2.45) is 0 Å². The number of likely N-dealkylation sites (N-methyl/N-ethyl adjacent to an activating group) is 1. The van der Waals surface area contributed by atoms with Crippen LogP contribution in [0.4, 0.5) is 13.2 Å². The molecule has 2 rings (SSSR count). The van der Waals surface area contributed by atoms with Gasteiger partial charge in [-0.1, -0.05) is 19.1 Å². The number of halogens is 4. The standard InChI is InChI=1S/C17H24F3N2O2.BrH/c1-3-16(23)21-8-5-10-22(2,11-9-21)13-14-6-4-7-15(12-14)24-17(18,19)20;/h4,6-7,12H,3,5,8-11,13H2,1-2H3;1H/q+1;. The highest BCUT2D eigenvalue weighted by atomic mass is 79.9. The molecule has 1 unspecified atom stereocenters. The van der Waals surface area contributed by atoms with Gasteiger partial charge in [-0.05, 0) is 12.1 Å². The van der Waals surface area contributed by atoms with Crippen molar-refractivity contribution in [2.45, 2.75) is 32.7 Å². The highest BCUT2D eigenvalue weighted by molar-refractivity contribution is 8.93. The van der Waals surface area contributed by atoms with E-state index in [9.17, 15) is 18.0 Å². The lowest BCUT2D eigenvalue weighted by Gasteiger charge is -2.33. The number of alkyl halides is 3. The maximum atomic E-state index is 12.3. The van der Waals surface area contributed by atoms with Crippen molar-refractivity contribution in [3.63, 3.8) is 0 Å². The number of amides is 1. The van der Waals surface area contributed by atoms with E-state index in [1.54, 1.807) is 6.07 Å². The number of benzene rings is 1. The molecule has 4 nitrogen and oxygen atoms in total. The predicted octanol–water partition coefficient (Wildman–Crippen LogP) is 3.75. The van der Waals surface area contributed by atoms with Crippen LogP contribution in [0, 0.1) is 0 Å². The van der Waals surface area contributed by atoms with Crippen molar-refractivity contribution in [3.8, 4) is 5.75 Å². The number of ether oxygens (including phenoxy) is 1. The smallest absolute Gasteiger partial charge is 0.406 e. The van der Waals surface area contributed by atoms with Crippen LogP contribution in [0.25, 0.3) is 0 Å². The second kappa shape index (κ2) is 8.89. The van der Waals surface area contributed by atoms with E-state index in [1.165, 1.54) is 12.1 Å². The van der Waals surface area contributed by atoms with Gasteiger partial charge in [-0.15, -0.1) is 30.2 Å². The third kappa shape index (κ3) is 6.86. The predicted molar refractivity (Wildman–Crippen MR) is 94.6 cm³/mol. The van der Waals surface area contributed by atoms with Crippen molar-refractivity contribution in [2.75, 3.05) is 33.2 Å². The fourth-order valence-corrected chi connectivity index (χ4v) is 3.14. The van der Waals surface area contributed by atoms with Gasteiger partial charge < -0.3 is 14.1 Å². The highest BCUT2D eigenvalue weighted by Crippen LogP contribution is 2.25. The largest absolute Gasteiger partial charge is 0.573 e. The zero-order valence-corrected chi connectivity index (χ0v) is 16.2. The van der Waals surface area contributed by atoms with Crippen LogP contribution in [-0.4, -0.2) is 54.9 Å². The highest BCUT2D eigenvalue weighted by Gasteiger charge is 2.32. The topological polar surface area (TPSA) is 29.5 Å². The lowest BCUT2D eigenvalue weighted by molar-refractivity contribution is -0.920. The molecule has 0 aromatic heterocycles. The summed E-state index contributed by atoms with van der Waals surface area (Å²) in [5.74, 6) is -0.0340. The molecule has 1 fully saturated rings. The Morgan fingerprint density at radius 2 is 2.00 bits per heavy atom. The lowest BCUT2D eigenvalue weighted by Crippen LogP contribution is -2.46. The van der Waals surface area contributed by atoms with Gasteiger partial charge in [0.05, 0.1) is 26.7 Å². The van der Waals surface area contributed by atoms with Crippen molar-refractivity contribution in [3.05, 3.63) is 29.8 Å². The quantitative estimate of drug-likeness (QED) is 0.687. The summed E-state index contributed by atoms with van der Waals surface area (Å²) in [5.41, 5.74) is 0.800. The Morgan fingerprint density at radius 1 is 1.28 bits per heavy atom. The van der Waals surface area contributed by atoms with Crippen LogP contribution < -0.4 is 4.74 Å². The van der Waals surface area contributed by atoms with E-state index >= 15 is 0 Å². The SMILES string of the molecule is Br.CCC(=O)N1CCC[N+](C)(Cc2cccc(OC(F)(F)F)c2)CC1. The third-order valence-corrected chi connectivity index (χ3v) is 4.39. The molecular formula is C17H25BrF3N2O2+.